The number of thiazole rings is 1. The third-order valence-electron chi connectivity index (χ3n) is 4.52. The zero-order valence-electron chi connectivity index (χ0n) is 17.5. The van der Waals surface area contributed by atoms with Gasteiger partial charge in [-0.25, -0.2) is 9.97 Å². The second-order valence-electron chi connectivity index (χ2n) is 6.38. The highest BCUT2D eigenvalue weighted by Gasteiger charge is 2.08. The highest BCUT2D eigenvalue weighted by Crippen LogP contribution is 2.33. The van der Waals surface area contributed by atoms with Gasteiger partial charge in [0.2, 0.25) is 0 Å². The van der Waals surface area contributed by atoms with Crippen LogP contribution in [0.15, 0.2) is 77.9 Å². The summed E-state index contributed by atoms with van der Waals surface area (Å²) >= 11 is 1.61. The van der Waals surface area contributed by atoms with Gasteiger partial charge in [0.25, 0.3) is 0 Å². The molecule has 0 unspecified atom stereocenters. The molecule has 0 fully saturated rings. The van der Waals surface area contributed by atoms with Gasteiger partial charge >= 0.3 is 0 Å². The number of aromatic nitrogens is 3. The van der Waals surface area contributed by atoms with Crippen molar-refractivity contribution in [2.45, 2.75) is 13.8 Å². The minimum Gasteiger partial charge on any atom is -0.495 e. The fourth-order valence-corrected chi connectivity index (χ4v) is 3.97. The van der Waals surface area contributed by atoms with Gasteiger partial charge < -0.3 is 14.5 Å². The summed E-state index contributed by atoms with van der Waals surface area (Å²) in [5.41, 5.74) is 4.99. The Kier molecular flexibility index (Phi) is 6.24. The third kappa shape index (κ3) is 4.57. The van der Waals surface area contributed by atoms with Gasteiger partial charge in [0.05, 0.1) is 29.7 Å². The smallest absolute Gasteiger partial charge is 0.188 e. The van der Waals surface area contributed by atoms with E-state index >= 15 is 0 Å². The lowest BCUT2D eigenvalue weighted by Crippen LogP contribution is -1.88. The monoisotopic (exact) mass is 430 g/mol. The normalized spacial score (nSPS) is 10.4. The van der Waals surface area contributed by atoms with Gasteiger partial charge in [-0.05, 0) is 48.0 Å². The zero-order valence-corrected chi connectivity index (χ0v) is 18.3. The van der Waals surface area contributed by atoms with Gasteiger partial charge in [-0.1, -0.05) is 31.3 Å². The molecular formula is C24H22N4O2S. The minimum atomic E-state index is 0.739. The number of nitrogens with zero attached hydrogens (tertiary/aromatic N) is 3. The average molecular weight is 431 g/mol. The van der Waals surface area contributed by atoms with Crippen LogP contribution in [0, 0.1) is 0 Å². The van der Waals surface area contributed by atoms with Crippen LogP contribution < -0.4 is 10.1 Å². The van der Waals surface area contributed by atoms with E-state index in [0.29, 0.717) is 0 Å². The van der Waals surface area contributed by atoms with E-state index in [1.165, 1.54) is 6.39 Å². The van der Waals surface area contributed by atoms with E-state index in [9.17, 15) is 0 Å². The van der Waals surface area contributed by atoms with Gasteiger partial charge in [0.1, 0.15) is 5.75 Å². The molecule has 31 heavy (non-hydrogen) atoms. The molecule has 0 aliphatic carbocycles. The predicted octanol–water partition coefficient (Wildman–Crippen LogP) is 6.79. The number of benzene rings is 2. The molecule has 1 N–H and O–H groups in total. The van der Waals surface area contributed by atoms with Crippen molar-refractivity contribution < 1.29 is 9.15 Å². The Bertz CT molecular complexity index is 1260. The molecular weight excluding hydrogens is 408 g/mol. The number of fused-ring (bicyclic) bond motifs is 1. The average Bonchev–Trinajstić information content (AvgIpc) is 3.50. The predicted molar refractivity (Wildman–Crippen MR) is 126 cm³/mol. The molecule has 0 atom stereocenters. The molecule has 7 heteroatoms. The number of oxazole rings is 1. The Labute approximate surface area is 184 Å². The van der Waals surface area contributed by atoms with Crippen molar-refractivity contribution in [2.75, 3.05) is 12.4 Å². The van der Waals surface area contributed by atoms with Crippen molar-refractivity contribution in [1.82, 2.24) is 15.0 Å². The molecule has 0 saturated heterocycles. The third-order valence-corrected chi connectivity index (χ3v) is 5.46. The van der Waals surface area contributed by atoms with Crippen LogP contribution >= 0.6 is 11.3 Å². The molecule has 0 spiro atoms. The van der Waals surface area contributed by atoms with E-state index in [2.05, 4.69) is 32.4 Å². The Morgan fingerprint density at radius 1 is 0.871 bits per heavy atom. The molecule has 5 aromatic rings. The highest BCUT2D eigenvalue weighted by atomic mass is 32.1. The number of methoxy groups -OCH3 is 1. The number of anilines is 2. The number of pyridine rings is 1. The lowest BCUT2D eigenvalue weighted by molar-refractivity contribution is 0.413. The SMILES string of the molecule is CC.COc1cncc(-c2ccc3nc(Nc4ccc(-c5cnco5)cc4)sc3c2)c1. The molecule has 5 rings (SSSR count). The summed E-state index contributed by atoms with van der Waals surface area (Å²) in [4.78, 5) is 12.9. The maximum atomic E-state index is 5.33. The summed E-state index contributed by atoms with van der Waals surface area (Å²) in [7, 11) is 1.64. The molecule has 2 aromatic carbocycles. The van der Waals surface area contributed by atoms with Gasteiger partial charge in [-0.3, -0.25) is 4.98 Å². The standard InChI is InChI=1S/C22H16N4O2S.C2H6/c1-27-18-8-16(10-23-11-18)15-4-7-19-21(9-15)29-22(26-19)25-17-5-2-14(3-6-17)20-12-24-13-28-20;1-2/h2-13H,1H3,(H,25,26);1-2H3. The van der Waals surface area contributed by atoms with Crippen molar-refractivity contribution >= 4 is 32.4 Å². The fraction of sp³-hybridized carbons (Fsp3) is 0.125. The lowest BCUT2D eigenvalue weighted by atomic mass is 10.1. The molecule has 0 aliphatic rings. The first kappa shape index (κ1) is 20.6. The van der Waals surface area contributed by atoms with Gasteiger partial charge in [-0.2, -0.15) is 0 Å². The van der Waals surface area contributed by atoms with Gasteiger partial charge in [-0.15, -0.1) is 0 Å². The Morgan fingerprint density at radius 2 is 1.68 bits per heavy atom. The van der Waals surface area contributed by atoms with E-state index in [4.69, 9.17) is 9.15 Å². The van der Waals surface area contributed by atoms with Crippen molar-refractivity contribution in [3.8, 4) is 28.2 Å². The molecule has 0 aliphatic heterocycles. The van der Waals surface area contributed by atoms with Crippen LogP contribution in [0.3, 0.4) is 0 Å². The summed E-state index contributed by atoms with van der Waals surface area (Å²) in [6, 6.07) is 16.2. The van der Waals surface area contributed by atoms with Crippen LogP contribution in [0.4, 0.5) is 10.8 Å². The first-order valence-corrected chi connectivity index (χ1v) is 10.8. The molecule has 6 nitrogen and oxygen atoms in total. The largest absolute Gasteiger partial charge is 0.495 e. The topological polar surface area (TPSA) is 73.1 Å². The summed E-state index contributed by atoms with van der Waals surface area (Å²) < 4.78 is 11.7. The Morgan fingerprint density at radius 3 is 2.42 bits per heavy atom. The van der Waals surface area contributed by atoms with Crippen LogP contribution in [-0.4, -0.2) is 22.1 Å². The van der Waals surface area contributed by atoms with Crippen molar-refractivity contribution in [1.29, 1.82) is 0 Å². The van der Waals surface area contributed by atoms with Crippen LogP contribution in [0.25, 0.3) is 32.7 Å². The van der Waals surface area contributed by atoms with Crippen LogP contribution in [0.5, 0.6) is 5.75 Å². The number of hydrogen-bond acceptors (Lipinski definition) is 7. The second kappa shape index (κ2) is 9.40. The van der Waals surface area contributed by atoms with E-state index in [1.807, 2.05) is 56.4 Å². The van der Waals surface area contributed by atoms with Crippen molar-refractivity contribution in [2.24, 2.45) is 0 Å². The number of rotatable bonds is 5. The molecule has 156 valence electrons. The van der Waals surface area contributed by atoms with Gasteiger partial charge in [0, 0.05) is 23.0 Å². The molecule has 3 heterocycles. The van der Waals surface area contributed by atoms with E-state index in [1.54, 1.807) is 30.8 Å². The quantitative estimate of drug-likeness (QED) is 0.331. The van der Waals surface area contributed by atoms with Crippen molar-refractivity contribution in [3.63, 3.8) is 0 Å². The minimum absolute atomic E-state index is 0.739. The molecule has 0 bridgehead atoms. The van der Waals surface area contributed by atoms with Crippen molar-refractivity contribution in [3.05, 3.63) is 73.5 Å². The molecule has 0 amide bonds. The number of hydrogen-bond donors (Lipinski definition) is 1. The summed E-state index contributed by atoms with van der Waals surface area (Å²) in [5.74, 6) is 1.49. The number of nitrogens with one attached hydrogen (secondary N) is 1. The van der Waals surface area contributed by atoms with E-state index in [0.717, 1.165) is 49.2 Å². The Hall–Kier alpha value is -3.71. The maximum absolute atomic E-state index is 5.33. The first-order valence-electron chi connectivity index (χ1n) is 9.94. The van der Waals surface area contributed by atoms with Crippen LogP contribution in [-0.2, 0) is 0 Å². The molecule has 3 aromatic heterocycles. The fourth-order valence-electron chi connectivity index (χ4n) is 3.05. The summed E-state index contributed by atoms with van der Waals surface area (Å²) in [6.45, 7) is 4.00. The van der Waals surface area contributed by atoms with Crippen LogP contribution in [0.1, 0.15) is 13.8 Å². The molecule has 0 radical (unpaired) electrons. The highest BCUT2D eigenvalue weighted by molar-refractivity contribution is 7.22. The zero-order chi connectivity index (χ0) is 21.6. The number of ether oxygens (including phenoxy) is 1. The second-order valence-corrected chi connectivity index (χ2v) is 7.41. The molecule has 0 saturated carbocycles. The maximum Gasteiger partial charge on any atom is 0.188 e. The van der Waals surface area contributed by atoms with E-state index in [-0.39, 0.29) is 0 Å². The van der Waals surface area contributed by atoms with E-state index < -0.39 is 0 Å². The lowest BCUT2D eigenvalue weighted by Gasteiger charge is -2.03. The first-order chi connectivity index (χ1) is 15.3. The van der Waals surface area contributed by atoms with Crippen LogP contribution in [0.2, 0.25) is 0 Å². The van der Waals surface area contributed by atoms with Gasteiger partial charge in [0.15, 0.2) is 17.3 Å². The Balaban J connectivity index is 0.00000112. The summed E-state index contributed by atoms with van der Waals surface area (Å²) in [6.07, 6.45) is 6.66. The summed E-state index contributed by atoms with van der Waals surface area (Å²) in [5, 5.41) is 4.21.